The van der Waals surface area contributed by atoms with E-state index in [1.165, 1.54) is 23.6 Å². The van der Waals surface area contributed by atoms with E-state index >= 15 is 0 Å². The Morgan fingerprint density at radius 1 is 1.15 bits per heavy atom. The van der Waals surface area contributed by atoms with Crippen molar-refractivity contribution < 1.29 is 14.9 Å². The van der Waals surface area contributed by atoms with Crippen LogP contribution in [-0.2, 0) is 4.74 Å². The summed E-state index contributed by atoms with van der Waals surface area (Å²) in [5, 5.41) is 21.5. The molecule has 1 aromatic rings. The van der Waals surface area contributed by atoms with Gasteiger partial charge in [0.1, 0.15) is 0 Å². The molecule has 0 amide bonds. The van der Waals surface area contributed by atoms with Crippen molar-refractivity contribution in [3.05, 3.63) is 42.0 Å². The number of allylic oxidation sites excluding steroid dienone is 1. The van der Waals surface area contributed by atoms with Gasteiger partial charge in [0.2, 0.25) is 0 Å². The SMILES string of the molecule is CCCC[C@@H](CCCO)/C(C)=C/[C@@H]([C@@H](O)COC)[Si](C)(C)c1ccccc1. The third-order valence-corrected chi connectivity index (χ3v) is 9.85. The van der Waals surface area contributed by atoms with Crippen LogP contribution in [0.2, 0.25) is 18.6 Å². The van der Waals surface area contributed by atoms with Gasteiger partial charge in [-0.15, -0.1) is 0 Å². The number of hydrogen-bond acceptors (Lipinski definition) is 3. The molecule has 2 N–H and O–H groups in total. The number of rotatable bonds is 13. The fraction of sp³-hybridized carbons (Fsp3) is 0.652. The number of aliphatic hydroxyl groups is 2. The highest BCUT2D eigenvalue weighted by molar-refractivity contribution is 6.91. The molecule has 27 heavy (non-hydrogen) atoms. The first-order valence-electron chi connectivity index (χ1n) is 10.4. The number of benzene rings is 1. The van der Waals surface area contributed by atoms with Gasteiger partial charge in [-0.3, -0.25) is 0 Å². The normalized spacial score (nSPS) is 16.2. The molecule has 0 aromatic heterocycles. The highest BCUT2D eigenvalue weighted by Crippen LogP contribution is 2.32. The molecule has 0 unspecified atom stereocenters. The molecule has 0 aliphatic heterocycles. The van der Waals surface area contributed by atoms with Gasteiger partial charge in [0.15, 0.2) is 0 Å². The second kappa shape index (κ2) is 12.5. The molecule has 154 valence electrons. The summed E-state index contributed by atoms with van der Waals surface area (Å²) in [7, 11) is -0.284. The minimum atomic E-state index is -1.94. The van der Waals surface area contributed by atoms with Crippen molar-refractivity contribution in [2.24, 2.45) is 5.92 Å². The predicted octanol–water partition coefficient (Wildman–Crippen LogP) is 4.50. The first kappa shape index (κ1) is 24.1. The fourth-order valence-electron chi connectivity index (χ4n) is 3.94. The summed E-state index contributed by atoms with van der Waals surface area (Å²) in [6.07, 6.45) is 7.22. The van der Waals surface area contributed by atoms with E-state index < -0.39 is 14.2 Å². The zero-order valence-electron chi connectivity index (χ0n) is 17.9. The monoisotopic (exact) mass is 392 g/mol. The number of aliphatic hydroxyl groups excluding tert-OH is 2. The van der Waals surface area contributed by atoms with Crippen LogP contribution in [0.5, 0.6) is 0 Å². The van der Waals surface area contributed by atoms with E-state index in [9.17, 15) is 10.2 Å². The van der Waals surface area contributed by atoms with Gasteiger partial charge in [-0.2, -0.15) is 0 Å². The molecule has 1 rings (SSSR count). The summed E-state index contributed by atoms with van der Waals surface area (Å²) in [6, 6.07) is 10.6. The van der Waals surface area contributed by atoms with E-state index in [-0.39, 0.29) is 12.1 Å². The van der Waals surface area contributed by atoms with Gasteiger partial charge >= 0.3 is 0 Å². The number of methoxy groups -OCH3 is 1. The van der Waals surface area contributed by atoms with E-state index in [1.54, 1.807) is 7.11 Å². The summed E-state index contributed by atoms with van der Waals surface area (Å²) in [5.74, 6) is 0.481. The maximum Gasteiger partial charge on any atom is 0.0903 e. The van der Waals surface area contributed by atoms with Gasteiger partial charge in [0.05, 0.1) is 20.8 Å². The molecule has 0 spiro atoms. The Kier molecular flexibility index (Phi) is 11.2. The van der Waals surface area contributed by atoms with Crippen molar-refractivity contribution in [2.45, 2.75) is 70.7 Å². The van der Waals surface area contributed by atoms with Crippen LogP contribution in [0.25, 0.3) is 0 Å². The molecule has 0 fully saturated rings. The lowest BCUT2D eigenvalue weighted by Gasteiger charge is -2.35. The molecular formula is C23H40O3Si. The Morgan fingerprint density at radius 3 is 2.33 bits per heavy atom. The molecule has 0 aliphatic rings. The Balaban J connectivity index is 3.18. The van der Waals surface area contributed by atoms with Crippen molar-refractivity contribution in [3.8, 4) is 0 Å². The molecular weight excluding hydrogens is 352 g/mol. The van der Waals surface area contributed by atoms with Crippen LogP contribution in [0.15, 0.2) is 42.0 Å². The van der Waals surface area contributed by atoms with Crippen LogP contribution in [0.4, 0.5) is 0 Å². The maximum absolute atomic E-state index is 10.9. The second-order valence-corrected chi connectivity index (χ2v) is 12.9. The molecule has 0 radical (unpaired) electrons. The lowest BCUT2D eigenvalue weighted by molar-refractivity contribution is 0.0655. The summed E-state index contributed by atoms with van der Waals surface area (Å²) >= 11 is 0. The third-order valence-electron chi connectivity index (χ3n) is 5.81. The van der Waals surface area contributed by atoms with Gasteiger partial charge in [0, 0.05) is 19.3 Å². The predicted molar refractivity (Wildman–Crippen MR) is 118 cm³/mol. The zero-order chi connectivity index (χ0) is 20.3. The van der Waals surface area contributed by atoms with Crippen LogP contribution in [0.3, 0.4) is 0 Å². The van der Waals surface area contributed by atoms with Crippen molar-refractivity contribution in [3.63, 3.8) is 0 Å². The van der Waals surface area contributed by atoms with Crippen molar-refractivity contribution in [1.82, 2.24) is 0 Å². The molecule has 0 aliphatic carbocycles. The Labute approximate surface area is 167 Å². The zero-order valence-corrected chi connectivity index (χ0v) is 18.9. The van der Waals surface area contributed by atoms with E-state index in [1.807, 2.05) is 6.07 Å². The third kappa shape index (κ3) is 7.53. The number of hydrogen-bond donors (Lipinski definition) is 2. The Bertz CT molecular complexity index is 534. The molecule has 1 aromatic carbocycles. The molecule has 0 saturated heterocycles. The average Bonchev–Trinajstić information content (AvgIpc) is 2.66. The molecule has 0 saturated carbocycles. The molecule has 0 heterocycles. The standard InChI is InChI=1S/C23H40O3Si/c1-6-7-12-20(13-11-16-24)19(2)17-23(22(25)18-26-3)27(4,5)21-14-9-8-10-15-21/h8-10,14-15,17,20,22-25H,6-7,11-13,16,18H2,1-5H3/b19-17+/t20-,22-,23-/m0/s1. The molecule has 0 bridgehead atoms. The first-order valence-corrected chi connectivity index (χ1v) is 13.5. The second-order valence-electron chi connectivity index (χ2n) is 8.25. The summed E-state index contributed by atoms with van der Waals surface area (Å²) in [5.41, 5.74) is 1.45. The van der Waals surface area contributed by atoms with E-state index in [0.29, 0.717) is 12.5 Å². The van der Waals surface area contributed by atoms with Crippen LogP contribution >= 0.6 is 0 Å². The van der Waals surface area contributed by atoms with E-state index in [4.69, 9.17) is 4.74 Å². The minimum absolute atomic E-state index is 0.0955. The van der Waals surface area contributed by atoms with Crippen molar-refractivity contribution in [2.75, 3.05) is 20.3 Å². The summed E-state index contributed by atoms with van der Waals surface area (Å²) in [4.78, 5) is 0. The highest BCUT2D eigenvalue weighted by atomic mass is 28.3. The van der Waals surface area contributed by atoms with Crippen molar-refractivity contribution in [1.29, 1.82) is 0 Å². The topological polar surface area (TPSA) is 49.7 Å². The molecule has 3 nitrogen and oxygen atoms in total. The highest BCUT2D eigenvalue weighted by Gasteiger charge is 2.37. The van der Waals surface area contributed by atoms with Crippen LogP contribution in [0.1, 0.15) is 46.0 Å². The molecule has 3 atom stereocenters. The van der Waals surface area contributed by atoms with E-state index in [0.717, 1.165) is 19.3 Å². The summed E-state index contributed by atoms with van der Waals surface area (Å²) < 4.78 is 5.30. The fourth-order valence-corrected chi connectivity index (χ4v) is 7.12. The van der Waals surface area contributed by atoms with Gasteiger partial charge in [-0.1, -0.05) is 80.0 Å². The van der Waals surface area contributed by atoms with Gasteiger partial charge in [0.25, 0.3) is 0 Å². The van der Waals surface area contributed by atoms with Crippen LogP contribution in [-0.4, -0.2) is 44.7 Å². The van der Waals surface area contributed by atoms with Crippen LogP contribution < -0.4 is 5.19 Å². The van der Waals surface area contributed by atoms with Gasteiger partial charge < -0.3 is 14.9 Å². The smallest absolute Gasteiger partial charge is 0.0903 e. The minimum Gasteiger partial charge on any atom is -0.396 e. The first-order chi connectivity index (χ1) is 12.9. The largest absolute Gasteiger partial charge is 0.396 e. The lowest BCUT2D eigenvalue weighted by atomic mass is 9.89. The maximum atomic E-state index is 10.9. The lowest BCUT2D eigenvalue weighted by Crippen LogP contribution is -2.50. The molecule has 4 heteroatoms. The Morgan fingerprint density at radius 2 is 1.78 bits per heavy atom. The van der Waals surface area contributed by atoms with Gasteiger partial charge in [-0.05, 0) is 32.1 Å². The summed E-state index contributed by atoms with van der Waals surface area (Å²) in [6.45, 7) is 9.71. The van der Waals surface area contributed by atoms with Gasteiger partial charge in [-0.25, -0.2) is 0 Å². The van der Waals surface area contributed by atoms with Crippen molar-refractivity contribution >= 4 is 13.3 Å². The van der Waals surface area contributed by atoms with E-state index in [2.05, 4.69) is 57.3 Å². The quantitative estimate of drug-likeness (QED) is 0.384. The van der Waals surface area contributed by atoms with Crippen LogP contribution in [0, 0.1) is 5.92 Å². The Hall–Kier alpha value is -0.943. The average molecular weight is 393 g/mol. The number of ether oxygens (including phenoxy) is 1. The number of unbranched alkanes of at least 4 members (excludes halogenated alkanes) is 1.